The number of unbranched alkanes of at least 4 members (excludes halogenated alkanes) is 1. The highest BCUT2D eigenvalue weighted by Gasteiger charge is 2.17. The molecule has 10 rings (SSSR count). The van der Waals surface area contributed by atoms with Crippen LogP contribution in [0.4, 0.5) is 0 Å². The van der Waals surface area contributed by atoms with Gasteiger partial charge < -0.3 is 9.47 Å². The fourth-order valence-corrected chi connectivity index (χ4v) is 7.61. The summed E-state index contributed by atoms with van der Waals surface area (Å²) in [6, 6.07) is 45.1. The quantitative estimate of drug-likeness (QED) is 0.138. The topological polar surface area (TPSA) is 92.8 Å². The monoisotopic (exact) mass is 729 g/mol. The number of fused-ring (bicyclic) bond motifs is 6. The standard InChI is InChI=1S/C47H35N7O2/c1-2-3-10-31-20-22-50-46(23-31)54-42-14-7-5-12-38(42)40-19-17-34(28-44(40)54)56-36-25-32(47-51-29-48-30-52-47)24-35(26-36)55-33-16-18-39-37-11-4-6-13-41(37)53(43(39)27-33)45-15-8-9-21-49-45/h4-9,11-30H,2-3,10H2,1H3. The van der Waals surface area contributed by atoms with Gasteiger partial charge in [0.1, 0.15) is 47.3 Å². The molecule has 5 heterocycles. The molecule has 0 aliphatic heterocycles. The summed E-state index contributed by atoms with van der Waals surface area (Å²) in [5, 5.41) is 4.53. The van der Waals surface area contributed by atoms with Gasteiger partial charge in [0.05, 0.1) is 22.1 Å². The van der Waals surface area contributed by atoms with Crippen molar-refractivity contribution in [2.75, 3.05) is 0 Å². The molecule has 9 nitrogen and oxygen atoms in total. The van der Waals surface area contributed by atoms with E-state index in [0.717, 1.165) is 80.1 Å². The third kappa shape index (κ3) is 6.05. The van der Waals surface area contributed by atoms with Crippen LogP contribution in [0.3, 0.4) is 0 Å². The molecule has 0 spiro atoms. The number of hydrogen-bond donors (Lipinski definition) is 0. The molecule has 9 heteroatoms. The van der Waals surface area contributed by atoms with E-state index in [-0.39, 0.29) is 0 Å². The maximum Gasteiger partial charge on any atom is 0.162 e. The van der Waals surface area contributed by atoms with Crippen LogP contribution in [0.15, 0.2) is 159 Å². The first kappa shape index (κ1) is 33.2. The van der Waals surface area contributed by atoms with E-state index < -0.39 is 0 Å². The third-order valence-corrected chi connectivity index (χ3v) is 10.1. The second-order valence-corrected chi connectivity index (χ2v) is 13.7. The van der Waals surface area contributed by atoms with E-state index in [1.165, 1.54) is 18.2 Å². The van der Waals surface area contributed by atoms with Gasteiger partial charge in [-0.2, -0.15) is 0 Å². The first-order valence-electron chi connectivity index (χ1n) is 18.8. The maximum absolute atomic E-state index is 6.68. The number of ether oxygens (including phenoxy) is 2. The second-order valence-electron chi connectivity index (χ2n) is 13.7. The molecule has 0 saturated carbocycles. The van der Waals surface area contributed by atoms with E-state index in [2.05, 4.69) is 115 Å². The third-order valence-electron chi connectivity index (χ3n) is 10.1. The van der Waals surface area contributed by atoms with Crippen molar-refractivity contribution < 1.29 is 9.47 Å². The largest absolute Gasteiger partial charge is 0.457 e. The number of benzene rings is 5. The molecule has 0 N–H and O–H groups in total. The summed E-state index contributed by atoms with van der Waals surface area (Å²) in [5.41, 5.74) is 6.16. The Labute approximate surface area is 322 Å². The van der Waals surface area contributed by atoms with Gasteiger partial charge in [-0.05, 0) is 91.2 Å². The van der Waals surface area contributed by atoms with Crippen molar-refractivity contribution in [3.63, 3.8) is 0 Å². The number of aryl methyl sites for hydroxylation is 1. The molecule has 0 radical (unpaired) electrons. The Bertz CT molecular complexity index is 3030. The van der Waals surface area contributed by atoms with Crippen LogP contribution < -0.4 is 9.47 Å². The molecule has 0 fully saturated rings. The minimum absolute atomic E-state index is 0.505. The van der Waals surface area contributed by atoms with Crippen LogP contribution in [-0.4, -0.2) is 34.1 Å². The van der Waals surface area contributed by atoms with Crippen molar-refractivity contribution in [1.82, 2.24) is 34.1 Å². The number of hydrogen-bond acceptors (Lipinski definition) is 7. The molecule has 10 aromatic rings. The van der Waals surface area contributed by atoms with Crippen molar-refractivity contribution >= 4 is 43.6 Å². The van der Waals surface area contributed by atoms with Crippen LogP contribution >= 0.6 is 0 Å². The maximum atomic E-state index is 6.68. The Morgan fingerprint density at radius 3 is 1.70 bits per heavy atom. The zero-order valence-electron chi connectivity index (χ0n) is 30.6. The zero-order chi connectivity index (χ0) is 37.4. The van der Waals surface area contributed by atoms with Gasteiger partial charge in [0, 0.05) is 57.7 Å². The minimum atomic E-state index is 0.505. The van der Waals surface area contributed by atoms with Crippen molar-refractivity contribution in [1.29, 1.82) is 0 Å². The number of pyridine rings is 2. The minimum Gasteiger partial charge on any atom is -0.457 e. The van der Waals surface area contributed by atoms with E-state index >= 15 is 0 Å². The second kappa shape index (κ2) is 14.1. The average Bonchev–Trinajstić information content (AvgIpc) is 3.75. The zero-order valence-corrected chi connectivity index (χ0v) is 30.6. The Balaban J connectivity index is 1.06. The highest BCUT2D eigenvalue weighted by Crippen LogP contribution is 2.39. The normalized spacial score (nSPS) is 11.5. The van der Waals surface area contributed by atoms with Crippen molar-refractivity contribution in [2.45, 2.75) is 26.2 Å². The van der Waals surface area contributed by atoms with Gasteiger partial charge in [-0.1, -0.05) is 55.8 Å². The number of aromatic nitrogens is 7. The molecular weight excluding hydrogens is 695 g/mol. The van der Waals surface area contributed by atoms with E-state index in [1.807, 2.05) is 67.0 Å². The number of rotatable bonds is 10. The van der Waals surface area contributed by atoms with Crippen LogP contribution in [0.1, 0.15) is 25.3 Å². The van der Waals surface area contributed by atoms with Gasteiger partial charge in [-0.3, -0.25) is 9.13 Å². The van der Waals surface area contributed by atoms with Gasteiger partial charge in [-0.25, -0.2) is 24.9 Å². The van der Waals surface area contributed by atoms with Gasteiger partial charge in [0.15, 0.2) is 5.82 Å². The number of nitrogens with zero attached hydrogens (tertiary/aromatic N) is 7. The van der Waals surface area contributed by atoms with E-state index in [0.29, 0.717) is 28.8 Å². The average molecular weight is 730 g/mol. The molecule has 0 aliphatic carbocycles. The highest BCUT2D eigenvalue weighted by atomic mass is 16.5. The van der Waals surface area contributed by atoms with Gasteiger partial charge in [0.25, 0.3) is 0 Å². The Kier molecular flexibility index (Phi) is 8.37. The van der Waals surface area contributed by atoms with Crippen molar-refractivity contribution in [3.05, 3.63) is 164 Å². The molecule has 0 unspecified atom stereocenters. The van der Waals surface area contributed by atoms with Crippen LogP contribution in [0.5, 0.6) is 23.0 Å². The molecular formula is C47H35N7O2. The molecule has 5 aromatic heterocycles. The predicted octanol–water partition coefficient (Wildman–Crippen LogP) is 11.4. The van der Waals surface area contributed by atoms with Crippen LogP contribution in [0, 0.1) is 0 Å². The lowest BCUT2D eigenvalue weighted by Crippen LogP contribution is -1.99. The smallest absolute Gasteiger partial charge is 0.162 e. The summed E-state index contributed by atoms with van der Waals surface area (Å²) >= 11 is 0. The van der Waals surface area contributed by atoms with Crippen LogP contribution in [-0.2, 0) is 6.42 Å². The summed E-state index contributed by atoms with van der Waals surface area (Å²) in [6.07, 6.45) is 9.98. The summed E-state index contributed by atoms with van der Waals surface area (Å²) in [4.78, 5) is 22.4. The van der Waals surface area contributed by atoms with Gasteiger partial charge in [0.2, 0.25) is 0 Å². The van der Waals surface area contributed by atoms with Crippen LogP contribution in [0.2, 0.25) is 0 Å². The molecule has 0 aliphatic rings. The molecule has 0 bridgehead atoms. The molecule has 0 atom stereocenters. The Hall–Kier alpha value is -7.39. The fraction of sp³-hybridized carbons (Fsp3) is 0.0851. The molecule has 5 aromatic carbocycles. The summed E-state index contributed by atoms with van der Waals surface area (Å²) in [6.45, 7) is 2.22. The van der Waals surface area contributed by atoms with E-state index in [1.54, 1.807) is 0 Å². The summed E-state index contributed by atoms with van der Waals surface area (Å²) < 4.78 is 17.7. The first-order chi connectivity index (χ1) is 27.7. The lowest BCUT2D eigenvalue weighted by atomic mass is 10.1. The van der Waals surface area contributed by atoms with Crippen molar-refractivity contribution in [3.8, 4) is 46.0 Å². The molecule has 270 valence electrons. The SMILES string of the molecule is CCCCc1ccnc(-n2c3ccccc3c3ccc(Oc4cc(Oc5ccc6c7ccccc7n(-c7ccccn7)c6c5)cc(-c5ncncn5)c4)cc32)c1. The predicted molar refractivity (Wildman–Crippen MR) is 221 cm³/mol. The van der Waals surface area contributed by atoms with Gasteiger partial charge in [-0.15, -0.1) is 0 Å². The van der Waals surface area contributed by atoms with Gasteiger partial charge >= 0.3 is 0 Å². The summed E-state index contributed by atoms with van der Waals surface area (Å²) in [5.74, 6) is 4.70. The molecule has 0 saturated heterocycles. The number of para-hydroxylation sites is 2. The van der Waals surface area contributed by atoms with Crippen LogP contribution in [0.25, 0.3) is 66.6 Å². The van der Waals surface area contributed by atoms with Crippen molar-refractivity contribution in [2.24, 2.45) is 0 Å². The summed E-state index contributed by atoms with van der Waals surface area (Å²) in [7, 11) is 0. The Morgan fingerprint density at radius 2 is 1.07 bits per heavy atom. The van der Waals surface area contributed by atoms with E-state index in [4.69, 9.17) is 14.5 Å². The fourth-order valence-electron chi connectivity index (χ4n) is 7.61. The lowest BCUT2D eigenvalue weighted by Gasteiger charge is -2.13. The lowest BCUT2D eigenvalue weighted by molar-refractivity contribution is 0.461. The first-order valence-corrected chi connectivity index (χ1v) is 18.8. The highest BCUT2D eigenvalue weighted by molar-refractivity contribution is 6.10. The van der Waals surface area contributed by atoms with E-state index in [9.17, 15) is 0 Å². The molecule has 0 amide bonds. The molecule has 56 heavy (non-hydrogen) atoms. The Morgan fingerprint density at radius 1 is 0.482 bits per heavy atom.